The smallest absolute Gasteiger partial charge is 0.335 e. The first-order chi connectivity index (χ1) is 14.3. The summed E-state index contributed by atoms with van der Waals surface area (Å²) in [5, 5.41) is 2.13. The van der Waals surface area contributed by atoms with Gasteiger partial charge in [-0.3, -0.25) is 4.79 Å². The third-order valence-corrected chi connectivity index (χ3v) is 7.54. The minimum Gasteiger partial charge on any atom is -0.335 e. The van der Waals surface area contributed by atoms with E-state index in [4.69, 9.17) is 0 Å². The molecular weight excluding hydrogens is 407 g/mol. The summed E-state index contributed by atoms with van der Waals surface area (Å²) in [5.74, 6) is 1.72. The molecule has 172 valence electrons. The zero-order chi connectivity index (χ0) is 22.1. The quantitative estimate of drug-likeness (QED) is 0.432. The molecule has 1 amide bonds. The van der Waals surface area contributed by atoms with Crippen LogP contribution in [0.2, 0.25) is 0 Å². The predicted molar refractivity (Wildman–Crippen MR) is 119 cm³/mol. The highest BCUT2D eigenvalue weighted by atomic mass is 32.1. The Hall–Kier alpha value is -1.04. The molecule has 1 aromatic heterocycles. The van der Waals surface area contributed by atoms with Crippen LogP contribution in [0.15, 0.2) is 11.4 Å². The number of alkyl halides is 3. The topological polar surface area (TPSA) is 20.3 Å². The van der Waals surface area contributed by atoms with Gasteiger partial charge in [0.05, 0.1) is 5.56 Å². The maximum Gasteiger partial charge on any atom is 0.388 e. The summed E-state index contributed by atoms with van der Waals surface area (Å²) in [6, 6.07) is 2.74. The van der Waals surface area contributed by atoms with E-state index in [0.29, 0.717) is 17.9 Å². The number of hydrogen-bond donors (Lipinski definition) is 0. The first-order valence-electron chi connectivity index (χ1n) is 11.8. The second-order valence-electron chi connectivity index (χ2n) is 8.73. The minimum absolute atomic E-state index is 0.306. The highest BCUT2D eigenvalue weighted by molar-refractivity contribution is 7.10. The second-order valence-corrected chi connectivity index (χ2v) is 9.68. The molecule has 2 aliphatic rings. The number of halogens is 3. The molecule has 0 bridgehead atoms. The number of carbonyl (C=O) groups excluding carboxylic acids is 1. The fourth-order valence-electron chi connectivity index (χ4n) is 4.85. The van der Waals surface area contributed by atoms with Gasteiger partial charge in [-0.15, -0.1) is 11.3 Å². The van der Waals surface area contributed by atoms with Crippen molar-refractivity contribution in [3.8, 4) is 0 Å². The van der Waals surface area contributed by atoms with Crippen LogP contribution < -0.4 is 0 Å². The van der Waals surface area contributed by atoms with Crippen molar-refractivity contribution in [1.82, 2.24) is 4.90 Å². The summed E-state index contributed by atoms with van der Waals surface area (Å²) in [6.07, 6.45) is 8.00. The van der Waals surface area contributed by atoms with Gasteiger partial charge >= 0.3 is 6.18 Å². The number of piperidine rings is 1. The molecule has 2 atom stereocenters. The lowest BCUT2D eigenvalue weighted by atomic mass is 9.78. The summed E-state index contributed by atoms with van der Waals surface area (Å²) in [6.45, 7) is 6.58. The van der Waals surface area contributed by atoms with Crippen LogP contribution in [0.4, 0.5) is 13.2 Å². The molecule has 0 N–H and O–H groups in total. The maximum absolute atomic E-state index is 13.1. The SMILES string of the molecule is CCC(F)(F)F.CCCC(CCC)c1cc(C(=O)N2CCCC3CCCCC32)cs1. The number of nitrogens with zero attached hydrogens (tertiary/aromatic N) is 1. The molecule has 1 aliphatic heterocycles. The molecule has 6 heteroatoms. The van der Waals surface area contributed by atoms with Crippen molar-refractivity contribution >= 4 is 17.2 Å². The van der Waals surface area contributed by atoms with E-state index in [2.05, 4.69) is 30.2 Å². The first kappa shape index (κ1) is 25.2. The summed E-state index contributed by atoms with van der Waals surface area (Å²) in [4.78, 5) is 16.8. The molecule has 2 unspecified atom stereocenters. The Morgan fingerprint density at radius 1 is 1.10 bits per heavy atom. The fourth-order valence-corrected chi connectivity index (χ4v) is 5.90. The Labute approximate surface area is 184 Å². The lowest BCUT2D eigenvalue weighted by molar-refractivity contribution is -0.130. The van der Waals surface area contributed by atoms with Gasteiger partial charge < -0.3 is 4.90 Å². The average molecular weight is 446 g/mol. The number of rotatable bonds is 6. The molecule has 1 aliphatic carbocycles. The van der Waals surface area contributed by atoms with Crippen molar-refractivity contribution < 1.29 is 18.0 Å². The highest BCUT2D eigenvalue weighted by Crippen LogP contribution is 2.37. The maximum atomic E-state index is 13.1. The fraction of sp³-hybridized carbons (Fsp3) is 0.792. The van der Waals surface area contributed by atoms with E-state index in [1.54, 1.807) is 0 Å². The third kappa shape index (κ3) is 7.28. The van der Waals surface area contributed by atoms with Gasteiger partial charge in [-0.05, 0) is 56.4 Å². The van der Waals surface area contributed by atoms with E-state index in [0.717, 1.165) is 24.9 Å². The minimum atomic E-state index is -3.96. The number of thiophene rings is 1. The molecule has 1 aromatic rings. The van der Waals surface area contributed by atoms with Crippen molar-refractivity contribution in [3.63, 3.8) is 0 Å². The largest absolute Gasteiger partial charge is 0.388 e. The van der Waals surface area contributed by atoms with Crippen LogP contribution in [0.1, 0.15) is 113 Å². The lowest BCUT2D eigenvalue weighted by Crippen LogP contribution is -2.49. The molecule has 2 nitrogen and oxygen atoms in total. The molecule has 0 spiro atoms. The van der Waals surface area contributed by atoms with Crippen LogP contribution in [0, 0.1) is 5.92 Å². The van der Waals surface area contributed by atoms with Gasteiger partial charge in [0.15, 0.2) is 0 Å². The number of hydrogen-bond acceptors (Lipinski definition) is 2. The van der Waals surface area contributed by atoms with Crippen LogP contribution in [0.5, 0.6) is 0 Å². The van der Waals surface area contributed by atoms with Gasteiger partial charge in [0, 0.05) is 29.3 Å². The van der Waals surface area contributed by atoms with Crippen molar-refractivity contribution in [2.75, 3.05) is 6.54 Å². The van der Waals surface area contributed by atoms with E-state index in [1.165, 1.54) is 69.1 Å². The van der Waals surface area contributed by atoms with Gasteiger partial charge in [0.25, 0.3) is 5.91 Å². The Balaban J connectivity index is 0.000000469. The molecule has 30 heavy (non-hydrogen) atoms. The van der Waals surface area contributed by atoms with E-state index in [1.807, 2.05) is 11.3 Å². The second kappa shape index (κ2) is 12.1. The van der Waals surface area contributed by atoms with Crippen molar-refractivity contribution in [2.45, 2.75) is 110 Å². The van der Waals surface area contributed by atoms with E-state index in [9.17, 15) is 18.0 Å². The summed E-state index contributed by atoms with van der Waals surface area (Å²) < 4.78 is 32.4. The average Bonchev–Trinajstić information content (AvgIpc) is 3.23. The third-order valence-electron chi connectivity index (χ3n) is 6.45. The van der Waals surface area contributed by atoms with E-state index >= 15 is 0 Å². The zero-order valence-corrected chi connectivity index (χ0v) is 19.6. The molecule has 0 radical (unpaired) electrons. The Morgan fingerprint density at radius 3 is 2.30 bits per heavy atom. The van der Waals surface area contributed by atoms with Gasteiger partial charge in [0.1, 0.15) is 0 Å². The van der Waals surface area contributed by atoms with Gasteiger partial charge in [-0.1, -0.05) is 46.5 Å². The lowest BCUT2D eigenvalue weighted by Gasteiger charge is -2.44. The van der Waals surface area contributed by atoms with Gasteiger partial charge in [0.2, 0.25) is 0 Å². The normalized spacial score (nSPS) is 21.8. The van der Waals surface area contributed by atoms with Gasteiger partial charge in [-0.25, -0.2) is 0 Å². The van der Waals surface area contributed by atoms with Crippen LogP contribution in [-0.2, 0) is 0 Å². The molecule has 1 saturated heterocycles. The number of likely N-dealkylation sites (tertiary alicyclic amines) is 1. The van der Waals surface area contributed by atoms with Crippen LogP contribution in [0.25, 0.3) is 0 Å². The monoisotopic (exact) mass is 445 g/mol. The summed E-state index contributed by atoms with van der Waals surface area (Å²) in [7, 11) is 0. The molecule has 2 fully saturated rings. The van der Waals surface area contributed by atoms with E-state index in [-0.39, 0.29) is 0 Å². The van der Waals surface area contributed by atoms with Gasteiger partial charge in [-0.2, -0.15) is 13.2 Å². The van der Waals surface area contributed by atoms with Crippen LogP contribution in [-0.4, -0.2) is 29.6 Å². The standard InChI is InChI=1S/C21H33NOS.C3H5F3/c1-3-8-17(9-4-2)20-14-18(15-24-20)21(23)22-13-7-11-16-10-5-6-12-19(16)22;1-2-3(4,5)6/h14-17,19H,3-13H2,1-2H3;2H2,1H3. The zero-order valence-electron chi connectivity index (χ0n) is 18.8. The Bertz CT molecular complexity index is 635. The molecular formula is C24H38F3NOS. The Morgan fingerprint density at radius 2 is 1.70 bits per heavy atom. The van der Waals surface area contributed by atoms with Crippen LogP contribution >= 0.6 is 11.3 Å². The Kier molecular flexibility index (Phi) is 10.2. The summed E-state index contributed by atoms with van der Waals surface area (Å²) in [5.41, 5.74) is 0.957. The van der Waals surface area contributed by atoms with Crippen molar-refractivity contribution in [2.24, 2.45) is 5.92 Å². The van der Waals surface area contributed by atoms with Crippen LogP contribution in [0.3, 0.4) is 0 Å². The predicted octanol–water partition coefficient (Wildman–Crippen LogP) is 8.19. The molecule has 3 rings (SSSR count). The van der Waals surface area contributed by atoms with Crippen molar-refractivity contribution in [3.05, 3.63) is 21.9 Å². The molecule has 2 heterocycles. The number of carbonyl (C=O) groups is 1. The summed E-state index contributed by atoms with van der Waals surface area (Å²) >= 11 is 1.81. The highest BCUT2D eigenvalue weighted by Gasteiger charge is 2.36. The molecule has 0 aromatic carbocycles. The van der Waals surface area contributed by atoms with E-state index < -0.39 is 12.6 Å². The molecule has 1 saturated carbocycles. The first-order valence-corrected chi connectivity index (χ1v) is 12.6. The number of amides is 1. The van der Waals surface area contributed by atoms with Crippen molar-refractivity contribution in [1.29, 1.82) is 0 Å². The number of fused-ring (bicyclic) bond motifs is 1.